The zero-order chi connectivity index (χ0) is 11.5. The Morgan fingerprint density at radius 3 is 3.00 bits per heavy atom. The number of carboxylic acid groups (broad SMARTS) is 1. The van der Waals surface area contributed by atoms with Gasteiger partial charge in [0.15, 0.2) is 0 Å². The molecule has 0 aromatic carbocycles. The van der Waals surface area contributed by atoms with Crippen molar-refractivity contribution in [1.82, 2.24) is 9.97 Å². The van der Waals surface area contributed by atoms with Gasteiger partial charge in [-0.3, -0.25) is 0 Å². The molecule has 0 radical (unpaired) electrons. The van der Waals surface area contributed by atoms with E-state index in [2.05, 4.69) is 31.2 Å². The van der Waals surface area contributed by atoms with Crippen LogP contribution in [0.5, 0.6) is 0 Å². The second-order valence-electron chi connectivity index (χ2n) is 2.84. The van der Waals surface area contributed by atoms with Crippen LogP contribution >= 0.6 is 27.3 Å². The number of carboxylic acids is 1. The van der Waals surface area contributed by atoms with E-state index < -0.39 is 5.97 Å². The maximum Gasteiger partial charge on any atom is 0.341 e. The van der Waals surface area contributed by atoms with Gasteiger partial charge in [0.05, 0.1) is 5.00 Å². The zero-order valence-electron chi connectivity index (χ0n) is 7.85. The van der Waals surface area contributed by atoms with Gasteiger partial charge in [0.25, 0.3) is 0 Å². The average molecular weight is 300 g/mol. The van der Waals surface area contributed by atoms with Crippen molar-refractivity contribution in [3.8, 4) is 0 Å². The van der Waals surface area contributed by atoms with E-state index in [1.54, 1.807) is 0 Å². The molecule has 7 heteroatoms. The van der Waals surface area contributed by atoms with Crippen molar-refractivity contribution in [3.63, 3.8) is 0 Å². The molecule has 2 aromatic rings. The summed E-state index contributed by atoms with van der Waals surface area (Å²) in [5.74, 6) is -0.768. The summed E-state index contributed by atoms with van der Waals surface area (Å²) in [4.78, 5) is 18.5. The van der Waals surface area contributed by atoms with Crippen LogP contribution in [-0.2, 0) is 0 Å². The lowest BCUT2D eigenvalue weighted by Crippen LogP contribution is -2.04. The molecule has 0 aliphatic rings. The molecule has 0 unspecified atom stereocenters. The molecule has 2 rings (SSSR count). The minimum atomic E-state index is -1.06. The number of rotatable bonds is 3. The number of nitrogens with one attached hydrogen (secondary N) is 1. The lowest BCUT2D eigenvalue weighted by Gasteiger charge is -2.04. The molecule has 82 valence electrons. The zero-order valence-corrected chi connectivity index (χ0v) is 10.2. The van der Waals surface area contributed by atoms with Crippen LogP contribution in [-0.4, -0.2) is 21.0 Å². The van der Waals surface area contributed by atoms with Crippen molar-refractivity contribution in [2.24, 2.45) is 0 Å². The van der Waals surface area contributed by atoms with Gasteiger partial charge in [-0.15, -0.1) is 11.3 Å². The molecule has 2 heterocycles. The van der Waals surface area contributed by atoms with Gasteiger partial charge in [-0.1, -0.05) is 0 Å². The number of aromatic carboxylic acids is 1. The van der Waals surface area contributed by atoms with E-state index in [4.69, 9.17) is 5.11 Å². The topological polar surface area (TPSA) is 75.1 Å². The van der Waals surface area contributed by atoms with Crippen LogP contribution < -0.4 is 5.32 Å². The Hall–Kier alpha value is -1.47. The fraction of sp³-hybridized carbons (Fsp3) is 0. The fourth-order valence-corrected chi connectivity index (χ4v) is 2.40. The van der Waals surface area contributed by atoms with E-state index in [9.17, 15) is 4.79 Å². The van der Waals surface area contributed by atoms with Crippen molar-refractivity contribution in [1.29, 1.82) is 0 Å². The molecule has 2 N–H and O–H groups in total. The average Bonchev–Trinajstić information content (AvgIpc) is 2.64. The Morgan fingerprint density at radius 1 is 1.56 bits per heavy atom. The number of anilines is 2. The lowest BCUT2D eigenvalue weighted by atomic mass is 10.3. The van der Waals surface area contributed by atoms with Crippen LogP contribution in [0, 0.1) is 0 Å². The van der Waals surface area contributed by atoms with Crippen molar-refractivity contribution in [3.05, 3.63) is 34.0 Å². The maximum atomic E-state index is 10.9. The monoisotopic (exact) mass is 299 g/mol. The highest BCUT2D eigenvalue weighted by Gasteiger charge is 2.11. The van der Waals surface area contributed by atoms with Crippen molar-refractivity contribution in [2.45, 2.75) is 0 Å². The smallest absolute Gasteiger partial charge is 0.341 e. The predicted octanol–water partition coefficient (Wildman–Crippen LogP) is 2.74. The maximum absolute atomic E-state index is 10.9. The van der Waals surface area contributed by atoms with Crippen molar-refractivity contribution in [2.75, 3.05) is 5.32 Å². The predicted molar refractivity (Wildman–Crippen MR) is 64.3 cm³/mol. The third-order valence-electron chi connectivity index (χ3n) is 1.75. The first-order chi connectivity index (χ1) is 7.66. The van der Waals surface area contributed by atoms with Crippen LogP contribution in [0.2, 0.25) is 0 Å². The van der Waals surface area contributed by atoms with Gasteiger partial charge in [-0.25, -0.2) is 14.8 Å². The van der Waals surface area contributed by atoms with Gasteiger partial charge in [0, 0.05) is 16.0 Å². The van der Waals surface area contributed by atoms with E-state index in [1.807, 2.05) is 11.4 Å². The Kier molecular flexibility index (Phi) is 3.16. The van der Waals surface area contributed by atoms with E-state index >= 15 is 0 Å². The summed E-state index contributed by atoms with van der Waals surface area (Å²) in [5.41, 5.74) is 0.0482. The summed E-state index contributed by atoms with van der Waals surface area (Å²) in [5, 5.41) is 14.6. The number of thiophene rings is 1. The van der Waals surface area contributed by atoms with Crippen LogP contribution in [0.4, 0.5) is 10.8 Å². The number of halogens is 1. The molecule has 0 saturated carbocycles. The van der Waals surface area contributed by atoms with Crippen LogP contribution in [0.15, 0.2) is 28.4 Å². The van der Waals surface area contributed by atoms with E-state index in [-0.39, 0.29) is 11.4 Å². The molecule has 0 aliphatic heterocycles. The standard InChI is InChI=1S/C9H6BrN3O2S/c10-5-1-7(16-3-5)13-8-6(9(14)15)2-11-4-12-8/h1-4H,(H,14,15)(H,11,12,13). The number of hydrogen-bond acceptors (Lipinski definition) is 5. The number of nitrogens with zero attached hydrogens (tertiary/aromatic N) is 2. The Bertz CT molecular complexity index is 529. The number of hydrogen-bond donors (Lipinski definition) is 2. The summed E-state index contributed by atoms with van der Waals surface area (Å²) in [6.45, 7) is 0. The summed E-state index contributed by atoms with van der Waals surface area (Å²) < 4.78 is 0.936. The first-order valence-electron chi connectivity index (χ1n) is 4.21. The summed E-state index contributed by atoms with van der Waals surface area (Å²) in [6, 6.07) is 1.85. The van der Waals surface area contributed by atoms with E-state index in [1.165, 1.54) is 23.9 Å². The molecular formula is C9H6BrN3O2S. The fourth-order valence-electron chi connectivity index (χ4n) is 1.08. The lowest BCUT2D eigenvalue weighted by molar-refractivity contribution is 0.0697. The molecule has 0 spiro atoms. The molecule has 0 fully saturated rings. The normalized spacial score (nSPS) is 10.1. The van der Waals surface area contributed by atoms with E-state index in [0.29, 0.717) is 0 Å². The number of carbonyl (C=O) groups is 1. The Labute approximate surface area is 103 Å². The Morgan fingerprint density at radius 2 is 2.38 bits per heavy atom. The minimum absolute atomic E-state index is 0.0482. The third kappa shape index (κ3) is 2.37. The summed E-state index contributed by atoms with van der Waals surface area (Å²) in [6.07, 6.45) is 2.57. The van der Waals surface area contributed by atoms with Crippen molar-refractivity contribution < 1.29 is 9.90 Å². The second-order valence-corrected chi connectivity index (χ2v) is 4.67. The van der Waals surface area contributed by atoms with Gasteiger partial charge in [-0.2, -0.15) is 0 Å². The SMILES string of the molecule is O=C(O)c1cncnc1Nc1cc(Br)cs1. The molecule has 0 bridgehead atoms. The van der Waals surface area contributed by atoms with Gasteiger partial charge in [-0.05, 0) is 22.0 Å². The summed E-state index contributed by atoms with van der Waals surface area (Å²) in [7, 11) is 0. The van der Waals surface area contributed by atoms with Gasteiger partial charge >= 0.3 is 5.97 Å². The molecule has 0 saturated heterocycles. The van der Waals surface area contributed by atoms with Crippen LogP contribution in [0.25, 0.3) is 0 Å². The molecule has 0 amide bonds. The van der Waals surface area contributed by atoms with Crippen molar-refractivity contribution >= 4 is 44.1 Å². The van der Waals surface area contributed by atoms with Gasteiger partial charge in [0.2, 0.25) is 0 Å². The quantitative estimate of drug-likeness (QED) is 0.911. The first-order valence-corrected chi connectivity index (χ1v) is 5.88. The highest BCUT2D eigenvalue weighted by atomic mass is 79.9. The third-order valence-corrected chi connectivity index (χ3v) is 3.36. The van der Waals surface area contributed by atoms with Crippen LogP contribution in [0.3, 0.4) is 0 Å². The summed E-state index contributed by atoms with van der Waals surface area (Å²) >= 11 is 4.77. The first kappa shape index (κ1) is 11.0. The van der Waals surface area contributed by atoms with Crippen LogP contribution in [0.1, 0.15) is 10.4 Å². The molecule has 0 atom stereocenters. The molecule has 2 aromatic heterocycles. The van der Waals surface area contributed by atoms with E-state index in [0.717, 1.165) is 9.47 Å². The largest absolute Gasteiger partial charge is 0.477 e. The highest BCUT2D eigenvalue weighted by molar-refractivity contribution is 9.10. The Balaban J connectivity index is 2.31. The minimum Gasteiger partial charge on any atom is -0.477 e. The molecule has 0 aliphatic carbocycles. The number of aromatic nitrogens is 2. The molecule has 5 nitrogen and oxygen atoms in total. The molecule has 16 heavy (non-hydrogen) atoms. The van der Waals surface area contributed by atoms with Gasteiger partial charge < -0.3 is 10.4 Å². The van der Waals surface area contributed by atoms with Gasteiger partial charge in [0.1, 0.15) is 17.7 Å². The molecular weight excluding hydrogens is 294 g/mol. The highest BCUT2D eigenvalue weighted by Crippen LogP contribution is 2.27. The second kappa shape index (κ2) is 4.58.